The second kappa shape index (κ2) is 7.78. The quantitative estimate of drug-likeness (QED) is 0.822. The van der Waals surface area contributed by atoms with Crippen LogP contribution in [0.15, 0.2) is 41.8 Å². The van der Waals surface area contributed by atoms with Crippen molar-refractivity contribution >= 4 is 23.2 Å². The Kier molecular flexibility index (Phi) is 5.48. The Morgan fingerprint density at radius 3 is 2.88 bits per heavy atom. The molecule has 25 heavy (non-hydrogen) atoms. The minimum atomic E-state index is -0.411. The van der Waals surface area contributed by atoms with E-state index in [0.29, 0.717) is 25.9 Å². The van der Waals surface area contributed by atoms with Crippen LogP contribution in [0.1, 0.15) is 23.3 Å². The van der Waals surface area contributed by atoms with Crippen LogP contribution in [0.3, 0.4) is 0 Å². The lowest BCUT2D eigenvalue weighted by atomic mass is 10.1. The van der Waals surface area contributed by atoms with Gasteiger partial charge in [0.25, 0.3) is 0 Å². The Morgan fingerprint density at radius 1 is 1.32 bits per heavy atom. The zero-order chi connectivity index (χ0) is 17.8. The third-order valence-corrected chi connectivity index (χ3v) is 5.33. The molecule has 1 atom stereocenters. The summed E-state index contributed by atoms with van der Waals surface area (Å²) < 4.78 is 13.3. The molecule has 2 aromatic rings. The van der Waals surface area contributed by atoms with Crippen LogP contribution in [-0.4, -0.2) is 41.2 Å². The van der Waals surface area contributed by atoms with Crippen LogP contribution >= 0.6 is 11.3 Å². The predicted octanol–water partition coefficient (Wildman–Crippen LogP) is 3.08. The number of amides is 2. The summed E-state index contributed by atoms with van der Waals surface area (Å²) in [7, 11) is 1.70. The van der Waals surface area contributed by atoms with Crippen LogP contribution < -0.4 is 0 Å². The number of likely N-dealkylation sites (tertiary alicyclic amines) is 1. The lowest BCUT2D eigenvalue weighted by Gasteiger charge is -2.28. The van der Waals surface area contributed by atoms with Gasteiger partial charge in [0.15, 0.2) is 0 Å². The van der Waals surface area contributed by atoms with Gasteiger partial charge in [-0.05, 0) is 42.0 Å². The van der Waals surface area contributed by atoms with Gasteiger partial charge in [-0.2, -0.15) is 0 Å². The smallest absolute Gasteiger partial charge is 0.245 e. The summed E-state index contributed by atoms with van der Waals surface area (Å²) in [5.74, 6) is -0.397. The van der Waals surface area contributed by atoms with E-state index in [1.165, 1.54) is 12.1 Å². The molecule has 1 unspecified atom stereocenters. The molecule has 1 aliphatic rings. The molecule has 0 saturated carbocycles. The van der Waals surface area contributed by atoms with Gasteiger partial charge >= 0.3 is 0 Å². The summed E-state index contributed by atoms with van der Waals surface area (Å²) in [4.78, 5) is 29.6. The molecule has 3 rings (SSSR count). The topological polar surface area (TPSA) is 40.6 Å². The number of carbonyl (C=O) groups excluding carboxylic acids is 2. The Hall–Kier alpha value is -2.21. The minimum absolute atomic E-state index is 0.00236. The van der Waals surface area contributed by atoms with Crippen molar-refractivity contribution in [1.29, 1.82) is 0 Å². The first kappa shape index (κ1) is 17.6. The zero-order valence-electron chi connectivity index (χ0n) is 14.2. The van der Waals surface area contributed by atoms with E-state index in [1.807, 2.05) is 17.5 Å². The first-order valence-corrected chi connectivity index (χ1v) is 9.24. The number of carbonyl (C=O) groups is 2. The van der Waals surface area contributed by atoms with Crippen LogP contribution in [0.5, 0.6) is 0 Å². The highest BCUT2D eigenvalue weighted by molar-refractivity contribution is 7.10. The van der Waals surface area contributed by atoms with Gasteiger partial charge in [-0.1, -0.05) is 18.2 Å². The number of hydrogen-bond acceptors (Lipinski definition) is 3. The maximum Gasteiger partial charge on any atom is 0.245 e. The maximum atomic E-state index is 13.3. The Labute approximate surface area is 150 Å². The highest BCUT2D eigenvalue weighted by atomic mass is 32.1. The van der Waals surface area contributed by atoms with E-state index in [1.54, 1.807) is 40.3 Å². The van der Waals surface area contributed by atoms with E-state index in [9.17, 15) is 14.0 Å². The molecule has 2 amide bonds. The molecule has 1 aromatic heterocycles. The third kappa shape index (κ3) is 4.25. The number of benzene rings is 1. The zero-order valence-corrected chi connectivity index (χ0v) is 15.0. The molecule has 4 nitrogen and oxygen atoms in total. The fourth-order valence-electron chi connectivity index (χ4n) is 3.23. The lowest BCUT2D eigenvalue weighted by Crippen LogP contribution is -2.46. The standard InChI is InChI=1S/C19H21FN2O2S/c1-21(13-14-5-2-6-15(20)11-14)19(24)17-8-3-9-22(17)18(23)12-16-7-4-10-25-16/h2,4-7,10-11,17H,3,8-9,12-13H2,1H3. The van der Waals surface area contributed by atoms with E-state index >= 15 is 0 Å². The fraction of sp³-hybridized carbons (Fsp3) is 0.368. The molecule has 0 radical (unpaired) electrons. The number of rotatable bonds is 5. The lowest BCUT2D eigenvalue weighted by molar-refractivity contribution is -0.143. The molecule has 0 spiro atoms. The molecule has 1 saturated heterocycles. The van der Waals surface area contributed by atoms with Crippen LogP contribution in [0.4, 0.5) is 4.39 Å². The molecule has 0 bridgehead atoms. The summed E-state index contributed by atoms with van der Waals surface area (Å²) in [6, 6.07) is 9.69. The number of halogens is 1. The second-order valence-corrected chi connectivity index (χ2v) is 7.36. The van der Waals surface area contributed by atoms with Gasteiger partial charge in [0.2, 0.25) is 11.8 Å². The molecule has 1 aliphatic heterocycles. The van der Waals surface area contributed by atoms with Crippen molar-refractivity contribution in [2.75, 3.05) is 13.6 Å². The highest BCUT2D eigenvalue weighted by Crippen LogP contribution is 2.22. The Morgan fingerprint density at radius 2 is 2.16 bits per heavy atom. The van der Waals surface area contributed by atoms with Gasteiger partial charge in [-0.15, -0.1) is 11.3 Å². The molecular weight excluding hydrogens is 339 g/mol. The number of hydrogen-bond donors (Lipinski definition) is 0. The number of thiophene rings is 1. The first-order valence-electron chi connectivity index (χ1n) is 8.36. The molecule has 2 heterocycles. The molecule has 132 valence electrons. The van der Waals surface area contributed by atoms with Gasteiger partial charge in [0.05, 0.1) is 6.42 Å². The molecule has 0 aliphatic carbocycles. The van der Waals surface area contributed by atoms with Gasteiger partial charge in [-0.3, -0.25) is 9.59 Å². The van der Waals surface area contributed by atoms with Crippen molar-refractivity contribution in [3.8, 4) is 0 Å². The third-order valence-electron chi connectivity index (χ3n) is 4.45. The van der Waals surface area contributed by atoms with Crippen LogP contribution in [-0.2, 0) is 22.6 Å². The summed E-state index contributed by atoms with van der Waals surface area (Å²) >= 11 is 1.55. The van der Waals surface area contributed by atoms with Crippen molar-refractivity contribution in [2.24, 2.45) is 0 Å². The normalized spacial score (nSPS) is 16.9. The monoisotopic (exact) mass is 360 g/mol. The molecular formula is C19H21FN2O2S. The van der Waals surface area contributed by atoms with E-state index in [4.69, 9.17) is 0 Å². The van der Waals surface area contributed by atoms with E-state index in [-0.39, 0.29) is 17.6 Å². The van der Waals surface area contributed by atoms with Crippen LogP contribution in [0.2, 0.25) is 0 Å². The fourth-order valence-corrected chi connectivity index (χ4v) is 3.92. The highest BCUT2D eigenvalue weighted by Gasteiger charge is 2.35. The molecule has 0 N–H and O–H groups in total. The maximum absolute atomic E-state index is 13.3. The largest absolute Gasteiger partial charge is 0.340 e. The van der Waals surface area contributed by atoms with E-state index < -0.39 is 6.04 Å². The summed E-state index contributed by atoms with van der Waals surface area (Å²) in [6.07, 6.45) is 1.86. The average molecular weight is 360 g/mol. The Bertz CT molecular complexity index is 748. The van der Waals surface area contributed by atoms with E-state index in [0.717, 1.165) is 16.9 Å². The second-order valence-electron chi connectivity index (χ2n) is 6.33. The van der Waals surface area contributed by atoms with Crippen molar-refractivity contribution in [2.45, 2.75) is 31.8 Å². The molecule has 1 fully saturated rings. The summed E-state index contributed by atoms with van der Waals surface area (Å²) in [5, 5.41) is 1.95. The van der Waals surface area contributed by atoms with Gasteiger partial charge in [0, 0.05) is 25.0 Å². The Balaban J connectivity index is 1.64. The average Bonchev–Trinajstić information content (AvgIpc) is 3.25. The van der Waals surface area contributed by atoms with Crippen molar-refractivity contribution < 1.29 is 14.0 Å². The van der Waals surface area contributed by atoms with Crippen LogP contribution in [0, 0.1) is 5.82 Å². The number of nitrogens with zero attached hydrogens (tertiary/aromatic N) is 2. The number of likely N-dealkylation sites (N-methyl/N-ethyl adjacent to an activating group) is 1. The minimum Gasteiger partial charge on any atom is -0.340 e. The van der Waals surface area contributed by atoms with Crippen molar-refractivity contribution in [1.82, 2.24) is 9.80 Å². The SMILES string of the molecule is CN(Cc1cccc(F)c1)C(=O)C1CCCN1C(=O)Cc1cccs1. The van der Waals surface area contributed by atoms with E-state index in [2.05, 4.69) is 0 Å². The molecule has 6 heteroatoms. The predicted molar refractivity (Wildman–Crippen MR) is 95.6 cm³/mol. The van der Waals surface area contributed by atoms with Crippen LogP contribution in [0.25, 0.3) is 0 Å². The first-order chi connectivity index (χ1) is 12.0. The summed E-state index contributed by atoms with van der Waals surface area (Å²) in [5.41, 5.74) is 0.741. The molecule has 1 aromatic carbocycles. The summed E-state index contributed by atoms with van der Waals surface area (Å²) in [6.45, 7) is 0.953. The van der Waals surface area contributed by atoms with Gasteiger partial charge in [-0.25, -0.2) is 4.39 Å². The van der Waals surface area contributed by atoms with Crippen molar-refractivity contribution in [3.05, 3.63) is 58.0 Å². The van der Waals surface area contributed by atoms with Gasteiger partial charge < -0.3 is 9.80 Å². The van der Waals surface area contributed by atoms with Gasteiger partial charge in [0.1, 0.15) is 11.9 Å². The van der Waals surface area contributed by atoms with Crippen molar-refractivity contribution in [3.63, 3.8) is 0 Å².